The fourth-order valence-electron chi connectivity index (χ4n) is 15.2. The van der Waals surface area contributed by atoms with Gasteiger partial charge in [-0.1, -0.05) is 107 Å². The van der Waals surface area contributed by atoms with Crippen molar-refractivity contribution in [3.05, 3.63) is 116 Å². The van der Waals surface area contributed by atoms with Crippen LogP contribution in [0.3, 0.4) is 0 Å². The number of primary amides is 1. The summed E-state index contributed by atoms with van der Waals surface area (Å²) in [4.78, 5) is 138. The molecule has 18 atom stereocenters. The Bertz CT molecular complexity index is 4650. The minimum atomic E-state index is -4.85. The van der Waals surface area contributed by atoms with Crippen LogP contribution in [-0.4, -0.2) is 227 Å². The number of hydrogen-bond acceptors (Lipinski definition) is 28. The van der Waals surface area contributed by atoms with Crippen LogP contribution >= 0.6 is 30.8 Å². The minimum absolute atomic E-state index is 0.123. The minimum Gasteiger partial charge on any atom is -0.507 e. The lowest BCUT2D eigenvalue weighted by Crippen LogP contribution is -2.65. The van der Waals surface area contributed by atoms with E-state index >= 15 is 24.0 Å². The van der Waals surface area contributed by atoms with Crippen molar-refractivity contribution in [3.8, 4) is 57.1 Å². The summed E-state index contributed by atoms with van der Waals surface area (Å²) in [6.45, 7) is 8.98. The molecule has 7 heterocycles. The maximum Gasteiger partial charge on any atom is 0.339 e. The summed E-state index contributed by atoms with van der Waals surface area (Å²) in [5, 5.41) is 144. The first-order valence-corrected chi connectivity index (χ1v) is 42.3. The molecule has 5 aromatic carbocycles. The molecule has 41 heteroatoms. The summed E-state index contributed by atoms with van der Waals surface area (Å²) in [5.74, 6) is -17.1. The number of ether oxygens (including phenoxy) is 6. The Labute approximate surface area is 705 Å². The van der Waals surface area contributed by atoms with Gasteiger partial charge in [0.1, 0.15) is 89.5 Å². The van der Waals surface area contributed by atoms with Gasteiger partial charge >= 0.3 is 13.6 Å². The Morgan fingerprint density at radius 1 is 0.694 bits per heavy atom. The molecular formula is C80H106Cl2N11O27P. The van der Waals surface area contributed by atoms with Crippen molar-refractivity contribution in [3.63, 3.8) is 0 Å². The number of aromatic hydroxyl groups is 3. The number of hydrogen-bond donors (Lipinski definition) is 23. The van der Waals surface area contributed by atoms with E-state index in [9.17, 15) is 79.8 Å². The lowest BCUT2D eigenvalue weighted by Gasteiger charge is -2.48. The SMILES string of the molecule is CCCCCCCCCCNCCN[C@@]1(C)C[C@H](O[C@H]2[C@H](Oc3c4cc5cc3Oc3ccc(cc3Cl)[C@@H](O)[C@@H](NC(=O)[C@@H](CC(C)C)NC)C(=O)N[C@@H](CC(N)=O)C(=O)N[C@H]5C(=O)NC3C(=O)NC(C(=O)N[C@H](C(=O)O)c5cc(O)c(CNCP(=O)(O)O)c(O)c5-c5cc3ccc5O)[C@H](O)c3ccc(c(Cl)c3)O4)O[C@H](CO)[C@@H](O)[C@@H]2O)O[C@@H](C)[C@H]1O. The molecule has 662 valence electrons. The number of carbonyl (C=O) groups is 8. The van der Waals surface area contributed by atoms with Gasteiger partial charge in [0.25, 0.3) is 0 Å². The number of amides is 7. The van der Waals surface area contributed by atoms with Crippen molar-refractivity contribution in [2.24, 2.45) is 11.7 Å². The molecule has 24 N–H and O–H groups in total. The van der Waals surface area contributed by atoms with Gasteiger partial charge in [-0.2, -0.15) is 0 Å². The molecule has 2 fully saturated rings. The Balaban J connectivity index is 1.17. The van der Waals surface area contributed by atoms with Crippen LogP contribution in [0.4, 0.5) is 0 Å². The van der Waals surface area contributed by atoms with Crippen molar-refractivity contribution in [1.29, 1.82) is 0 Å². The molecule has 11 bridgehead atoms. The normalized spacial score (nSPS) is 26.7. The first-order valence-electron chi connectivity index (χ1n) is 39.7. The van der Waals surface area contributed by atoms with Gasteiger partial charge in [0.15, 0.2) is 29.9 Å². The molecule has 0 saturated carbocycles. The Kier molecular flexibility index (Phi) is 32.2. The maximum atomic E-state index is 16.3. The van der Waals surface area contributed by atoms with Gasteiger partial charge in [-0.25, -0.2) is 4.79 Å². The molecule has 2 saturated heterocycles. The highest BCUT2D eigenvalue weighted by Gasteiger charge is 2.52. The number of aliphatic hydroxyl groups excluding tert-OH is 6. The Hall–Kier alpha value is -9.13. The number of phenols is 3. The van der Waals surface area contributed by atoms with Crippen LogP contribution in [0.15, 0.2) is 72.8 Å². The van der Waals surface area contributed by atoms with Crippen LogP contribution in [-0.2, 0) is 63.7 Å². The van der Waals surface area contributed by atoms with Crippen LogP contribution < -0.4 is 73.1 Å². The van der Waals surface area contributed by atoms with E-state index in [0.29, 0.717) is 13.1 Å². The summed E-state index contributed by atoms with van der Waals surface area (Å²) < 4.78 is 51.4. The number of benzene rings is 5. The van der Waals surface area contributed by atoms with E-state index in [1.54, 1.807) is 13.8 Å². The van der Waals surface area contributed by atoms with E-state index in [1.807, 2.05) is 13.8 Å². The third-order valence-electron chi connectivity index (χ3n) is 21.7. The van der Waals surface area contributed by atoms with E-state index in [-0.39, 0.29) is 40.7 Å². The zero-order valence-corrected chi connectivity index (χ0v) is 69.5. The molecule has 12 rings (SSSR count). The lowest BCUT2D eigenvalue weighted by atomic mass is 9.85. The fourth-order valence-corrected chi connectivity index (χ4v) is 16.0. The highest BCUT2D eigenvalue weighted by Crippen LogP contribution is 2.51. The number of fused-ring (bicyclic) bond motifs is 15. The molecule has 2 unspecified atom stereocenters. The highest BCUT2D eigenvalue weighted by atomic mass is 35.5. The summed E-state index contributed by atoms with van der Waals surface area (Å²) >= 11 is 14.3. The molecule has 7 aliphatic heterocycles. The number of carboxylic acids is 1. The molecule has 121 heavy (non-hydrogen) atoms. The lowest BCUT2D eigenvalue weighted by molar-refractivity contribution is -0.334. The number of phenolic OH excluding ortho intramolecular Hbond substituents is 3. The monoisotopic (exact) mass is 1750 g/mol. The predicted octanol–water partition coefficient (Wildman–Crippen LogP) is 2.69. The molecular weight excluding hydrogens is 1650 g/mol. The smallest absolute Gasteiger partial charge is 0.339 e. The quantitative estimate of drug-likeness (QED) is 0.0232. The standard InChI is InChI=1S/C80H106Cl2N11O27P/c1-7-8-9-10-11-12-13-14-21-85-22-23-87-80(5)32-57(115-37(4)71(80)103)119-70-68(102)67(101)55(34-94)118-79(70)120-69-53-28-41-29-54(69)117-52-20-17-40(27-46(52)82)65(99)63-77(109)91-61(78(110)111)43-30-50(96)44(33-86-35-121(112,113)114)66(100)58(43)42-25-38(15-18-49(42)95)59(74(106)93-63)90-75(107)60(41)89-73(105)48(31-56(83)97)88-76(108)62(92-72(104)47(84-6)24-36(2)3)64(98)39-16-19-51(116-53)45(81)26-39/h15-20,25-30,36-37,47-48,55,57,59-65,67-68,70-71,79,84-87,94-96,98-103H,7-14,21-24,31-35H2,1-6H3,(H2,83,97)(H,88,108)(H,89,105)(H,90,107)(H,91,109)(H,92,104)(H,93,106)(H,110,111)(H2,112,113,114)/t37-,47+,48-,55+,57-,59?,60+,61-,62+,63?,64+,65+,67+,68-,70+,71+,79-,80-/m0/s1. The Morgan fingerprint density at radius 2 is 1.31 bits per heavy atom. The van der Waals surface area contributed by atoms with Crippen molar-refractivity contribution >= 4 is 78.1 Å². The number of likely N-dealkylation sites (N-methyl/N-ethyl adjacent to an activating group) is 1. The van der Waals surface area contributed by atoms with Crippen molar-refractivity contribution in [2.45, 2.75) is 221 Å². The second-order valence-corrected chi connectivity index (χ2v) is 33.7. The number of carbonyl (C=O) groups excluding carboxylic acids is 7. The second kappa shape index (κ2) is 41.4. The number of aliphatic carboxylic acids is 1. The van der Waals surface area contributed by atoms with E-state index in [0.717, 1.165) is 86.5 Å². The van der Waals surface area contributed by atoms with Gasteiger partial charge < -0.3 is 148 Å². The number of carboxylic acid groups (broad SMARTS) is 1. The third kappa shape index (κ3) is 23.0. The van der Waals surface area contributed by atoms with E-state index in [2.05, 4.69) is 60.1 Å². The third-order valence-corrected chi connectivity index (χ3v) is 22.9. The summed E-state index contributed by atoms with van der Waals surface area (Å²) in [5.41, 5.74) is 0.545. The summed E-state index contributed by atoms with van der Waals surface area (Å²) in [6, 6.07) is -2.39. The largest absolute Gasteiger partial charge is 0.507 e. The molecule has 5 aromatic rings. The predicted molar refractivity (Wildman–Crippen MR) is 432 cm³/mol. The number of nitrogens with one attached hydrogen (secondary N) is 10. The Morgan fingerprint density at radius 3 is 1.91 bits per heavy atom. The first-order chi connectivity index (χ1) is 57.3. The van der Waals surface area contributed by atoms with Crippen LogP contribution in [0.1, 0.15) is 169 Å². The van der Waals surface area contributed by atoms with Gasteiger partial charge in [-0.05, 0) is 123 Å². The zero-order chi connectivity index (χ0) is 88.2. The number of nitrogens with two attached hydrogens (primary N) is 1. The number of unbranched alkanes of at least 4 members (excludes halogenated alkanes) is 7. The van der Waals surface area contributed by atoms with Gasteiger partial charge in [0.05, 0.1) is 53.2 Å². The molecule has 38 nitrogen and oxygen atoms in total. The highest BCUT2D eigenvalue weighted by molar-refractivity contribution is 7.51. The number of halogens is 2. The van der Waals surface area contributed by atoms with Crippen LogP contribution in [0.25, 0.3) is 11.1 Å². The average molecular weight is 1760 g/mol. The molecule has 7 aliphatic rings. The van der Waals surface area contributed by atoms with E-state index in [1.165, 1.54) is 51.3 Å². The van der Waals surface area contributed by atoms with Crippen molar-refractivity contribution in [2.75, 3.05) is 39.6 Å². The second-order valence-electron chi connectivity index (χ2n) is 31.3. The van der Waals surface area contributed by atoms with E-state index < -0.39 is 269 Å². The van der Waals surface area contributed by atoms with Crippen LogP contribution in [0.5, 0.6) is 46.0 Å². The molecule has 0 aliphatic carbocycles. The molecule has 0 aromatic heterocycles. The van der Waals surface area contributed by atoms with Crippen molar-refractivity contribution < 1.29 is 132 Å². The first kappa shape index (κ1) is 94.1. The average Bonchev–Trinajstić information content (AvgIpc) is 1.36. The molecule has 7 amide bonds. The molecule has 0 spiro atoms. The number of rotatable bonds is 30. The van der Waals surface area contributed by atoms with Gasteiger partial charge in [0, 0.05) is 48.3 Å². The topological polar surface area (TPSA) is 598 Å². The van der Waals surface area contributed by atoms with Gasteiger partial charge in [-0.3, -0.25) is 38.1 Å². The summed E-state index contributed by atoms with van der Waals surface area (Å²) in [6.07, 6.45) is -10.6. The maximum absolute atomic E-state index is 16.3. The van der Waals surface area contributed by atoms with Gasteiger partial charge in [0.2, 0.25) is 53.4 Å². The summed E-state index contributed by atoms with van der Waals surface area (Å²) in [7, 11) is -3.38. The fraction of sp³-hybridized carbons (Fsp3) is 0.525. The van der Waals surface area contributed by atoms with Crippen LogP contribution in [0.2, 0.25) is 10.0 Å². The molecule has 0 radical (unpaired) electrons. The van der Waals surface area contributed by atoms with E-state index in [4.69, 9.17) is 57.4 Å². The number of aliphatic hydroxyl groups is 6. The van der Waals surface area contributed by atoms with Crippen LogP contribution in [0, 0.1) is 5.92 Å². The van der Waals surface area contributed by atoms with Gasteiger partial charge in [-0.15, -0.1) is 0 Å². The zero-order valence-electron chi connectivity index (χ0n) is 67.1. The van der Waals surface area contributed by atoms with Crippen molar-refractivity contribution in [1.82, 2.24) is 53.2 Å².